The minimum atomic E-state index is -0.283. The summed E-state index contributed by atoms with van der Waals surface area (Å²) in [5, 5.41) is 7.55. The van der Waals surface area contributed by atoms with Crippen LogP contribution in [0.5, 0.6) is 0 Å². The Hall–Kier alpha value is -1.78. The van der Waals surface area contributed by atoms with Crippen LogP contribution in [0.2, 0.25) is 10.0 Å². The highest BCUT2D eigenvalue weighted by Gasteiger charge is 2.03. The average molecular weight is 296 g/mol. The Kier molecular flexibility index (Phi) is 4.24. The van der Waals surface area contributed by atoms with Gasteiger partial charge in [0, 0.05) is 25.4 Å². The molecule has 0 aliphatic carbocycles. The molecule has 0 unspecified atom stereocenters. The lowest BCUT2D eigenvalue weighted by molar-refractivity contribution is -0.111. The molecule has 2 aromatic rings. The fourth-order valence-electron chi connectivity index (χ4n) is 1.46. The summed E-state index contributed by atoms with van der Waals surface area (Å²) in [5.74, 6) is 0.212. The van der Waals surface area contributed by atoms with Crippen molar-refractivity contribution in [3.05, 3.63) is 52.1 Å². The number of rotatable bonds is 3. The largest absolute Gasteiger partial charge is 0.306 e. The SMILES string of the molecule is Cn1ccc(NC(=O)/C=C/c2cccc(Cl)c2Cl)n1. The highest BCUT2D eigenvalue weighted by Crippen LogP contribution is 2.26. The summed E-state index contributed by atoms with van der Waals surface area (Å²) in [5.41, 5.74) is 0.685. The number of aromatic nitrogens is 2. The molecule has 0 atom stereocenters. The summed E-state index contributed by atoms with van der Waals surface area (Å²) in [7, 11) is 1.78. The normalized spacial score (nSPS) is 10.9. The van der Waals surface area contributed by atoms with E-state index in [1.165, 1.54) is 6.08 Å². The van der Waals surface area contributed by atoms with Gasteiger partial charge in [-0.05, 0) is 17.7 Å². The van der Waals surface area contributed by atoms with Gasteiger partial charge in [-0.25, -0.2) is 0 Å². The van der Waals surface area contributed by atoms with Crippen molar-refractivity contribution in [1.29, 1.82) is 0 Å². The monoisotopic (exact) mass is 295 g/mol. The Morgan fingerprint density at radius 1 is 1.37 bits per heavy atom. The van der Waals surface area contributed by atoms with Crippen LogP contribution in [-0.4, -0.2) is 15.7 Å². The fraction of sp³-hybridized carbons (Fsp3) is 0.0769. The second-order valence-electron chi connectivity index (χ2n) is 3.84. The first-order valence-electron chi connectivity index (χ1n) is 5.49. The molecule has 4 nitrogen and oxygen atoms in total. The number of anilines is 1. The predicted molar refractivity (Wildman–Crippen MR) is 77.3 cm³/mol. The molecule has 0 aliphatic heterocycles. The van der Waals surface area contributed by atoms with Crippen LogP contribution < -0.4 is 5.32 Å². The lowest BCUT2D eigenvalue weighted by atomic mass is 10.2. The summed E-state index contributed by atoms with van der Waals surface area (Å²) in [6.45, 7) is 0. The molecule has 2 rings (SSSR count). The highest BCUT2D eigenvalue weighted by molar-refractivity contribution is 6.42. The van der Waals surface area contributed by atoms with Gasteiger partial charge in [0.05, 0.1) is 10.0 Å². The van der Waals surface area contributed by atoms with Crippen molar-refractivity contribution in [2.75, 3.05) is 5.32 Å². The number of nitrogens with zero attached hydrogens (tertiary/aromatic N) is 2. The van der Waals surface area contributed by atoms with E-state index in [-0.39, 0.29) is 5.91 Å². The van der Waals surface area contributed by atoms with Crippen molar-refractivity contribution in [3.63, 3.8) is 0 Å². The second kappa shape index (κ2) is 5.91. The minimum Gasteiger partial charge on any atom is -0.306 e. The van der Waals surface area contributed by atoms with E-state index in [4.69, 9.17) is 23.2 Å². The van der Waals surface area contributed by atoms with Crippen LogP contribution in [0, 0.1) is 0 Å². The van der Waals surface area contributed by atoms with Gasteiger partial charge >= 0.3 is 0 Å². The zero-order valence-electron chi connectivity index (χ0n) is 10.1. The maximum Gasteiger partial charge on any atom is 0.249 e. The van der Waals surface area contributed by atoms with Gasteiger partial charge in [0.25, 0.3) is 0 Å². The first-order valence-corrected chi connectivity index (χ1v) is 6.24. The van der Waals surface area contributed by atoms with Crippen molar-refractivity contribution in [2.24, 2.45) is 7.05 Å². The van der Waals surface area contributed by atoms with Crippen LogP contribution in [0.4, 0.5) is 5.82 Å². The van der Waals surface area contributed by atoms with Crippen molar-refractivity contribution in [3.8, 4) is 0 Å². The van der Waals surface area contributed by atoms with Crippen LogP contribution in [0.3, 0.4) is 0 Å². The maximum absolute atomic E-state index is 11.7. The van der Waals surface area contributed by atoms with E-state index < -0.39 is 0 Å². The third-order valence-corrected chi connectivity index (χ3v) is 3.19. The summed E-state index contributed by atoms with van der Waals surface area (Å²) in [6.07, 6.45) is 4.73. The molecule has 19 heavy (non-hydrogen) atoms. The molecule has 0 saturated heterocycles. The molecular weight excluding hydrogens is 285 g/mol. The number of nitrogens with one attached hydrogen (secondary N) is 1. The van der Waals surface area contributed by atoms with Gasteiger partial charge in [-0.3, -0.25) is 9.48 Å². The molecule has 0 aliphatic rings. The molecule has 1 aromatic heterocycles. The number of benzene rings is 1. The first kappa shape index (κ1) is 13.6. The van der Waals surface area contributed by atoms with Crippen molar-refractivity contribution in [2.45, 2.75) is 0 Å². The standard InChI is InChI=1S/C13H11Cl2N3O/c1-18-8-7-11(17-18)16-12(19)6-5-9-3-2-4-10(14)13(9)15/h2-8H,1H3,(H,16,17,19)/b6-5+. The Morgan fingerprint density at radius 3 is 2.84 bits per heavy atom. The van der Waals surface area contributed by atoms with Crippen molar-refractivity contribution >= 4 is 41.0 Å². The third-order valence-electron chi connectivity index (χ3n) is 2.36. The molecule has 0 fully saturated rings. The molecule has 1 heterocycles. The molecular formula is C13H11Cl2N3O. The van der Waals surface area contributed by atoms with E-state index in [1.807, 2.05) is 0 Å². The van der Waals surface area contributed by atoms with E-state index in [0.29, 0.717) is 21.4 Å². The number of hydrogen-bond donors (Lipinski definition) is 1. The van der Waals surface area contributed by atoms with Gasteiger partial charge in [-0.2, -0.15) is 5.10 Å². The average Bonchev–Trinajstić information content (AvgIpc) is 2.76. The van der Waals surface area contributed by atoms with Crippen LogP contribution in [0.15, 0.2) is 36.5 Å². The molecule has 1 N–H and O–H groups in total. The number of aryl methyl sites for hydroxylation is 1. The van der Waals surface area contributed by atoms with Crippen LogP contribution in [0.25, 0.3) is 6.08 Å². The van der Waals surface area contributed by atoms with Gasteiger partial charge in [-0.15, -0.1) is 0 Å². The number of carbonyl (C=O) groups is 1. The highest BCUT2D eigenvalue weighted by atomic mass is 35.5. The molecule has 98 valence electrons. The summed E-state index contributed by atoms with van der Waals surface area (Å²) in [6, 6.07) is 6.94. The number of amides is 1. The van der Waals surface area contributed by atoms with Crippen molar-refractivity contribution < 1.29 is 4.79 Å². The third kappa shape index (κ3) is 3.59. The summed E-state index contributed by atoms with van der Waals surface area (Å²) < 4.78 is 1.60. The Morgan fingerprint density at radius 2 is 2.16 bits per heavy atom. The smallest absolute Gasteiger partial charge is 0.249 e. The zero-order valence-corrected chi connectivity index (χ0v) is 11.6. The lowest BCUT2D eigenvalue weighted by Gasteiger charge is -2.00. The zero-order chi connectivity index (χ0) is 13.8. The van der Waals surface area contributed by atoms with E-state index in [1.54, 1.807) is 48.3 Å². The van der Waals surface area contributed by atoms with E-state index in [2.05, 4.69) is 10.4 Å². The quantitative estimate of drug-likeness (QED) is 0.883. The molecule has 0 bridgehead atoms. The number of carbonyl (C=O) groups excluding carboxylic acids is 1. The minimum absolute atomic E-state index is 0.283. The molecule has 1 aromatic carbocycles. The van der Waals surface area contributed by atoms with Gasteiger partial charge in [0.15, 0.2) is 5.82 Å². The van der Waals surface area contributed by atoms with Crippen molar-refractivity contribution in [1.82, 2.24) is 9.78 Å². The molecule has 6 heteroatoms. The first-order chi connectivity index (χ1) is 9.06. The van der Waals surface area contributed by atoms with Gasteiger partial charge in [0.2, 0.25) is 5.91 Å². The van der Waals surface area contributed by atoms with Crippen LogP contribution in [-0.2, 0) is 11.8 Å². The van der Waals surface area contributed by atoms with Gasteiger partial charge in [-0.1, -0.05) is 35.3 Å². The summed E-state index contributed by atoms with van der Waals surface area (Å²) in [4.78, 5) is 11.7. The Bertz CT molecular complexity index is 635. The fourth-order valence-corrected chi connectivity index (χ4v) is 1.84. The molecule has 0 spiro atoms. The molecule has 1 amide bonds. The molecule has 0 saturated carbocycles. The van der Waals surface area contributed by atoms with Gasteiger partial charge in [0.1, 0.15) is 0 Å². The van der Waals surface area contributed by atoms with Gasteiger partial charge < -0.3 is 5.32 Å². The topological polar surface area (TPSA) is 46.9 Å². The predicted octanol–water partition coefficient (Wildman–Crippen LogP) is 3.38. The van der Waals surface area contributed by atoms with Crippen LogP contribution >= 0.6 is 23.2 Å². The maximum atomic E-state index is 11.7. The Labute approximate surface area is 120 Å². The van der Waals surface area contributed by atoms with Crippen LogP contribution in [0.1, 0.15) is 5.56 Å². The van der Waals surface area contributed by atoms with E-state index in [9.17, 15) is 4.79 Å². The van der Waals surface area contributed by atoms with E-state index in [0.717, 1.165) is 0 Å². The van der Waals surface area contributed by atoms with E-state index >= 15 is 0 Å². The molecule has 0 radical (unpaired) electrons. The second-order valence-corrected chi connectivity index (χ2v) is 4.63. The lowest BCUT2D eigenvalue weighted by Crippen LogP contribution is -2.08. The number of hydrogen-bond acceptors (Lipinski definition) is 2. The summed E-state index contributed by atoms with van der Waals surface area (Å²) >= 11 is 11.9. The Balaban J connectivity index is 2.06. The number of halogens is 2.